The number of nitrogens with one attached hydrogen (secondary N) is 2. The molecular formula is C16H25N5. The van der Waals surface area contributed by atoms with Crippen LogP contribution >= 0.6 is 0 Å². The first-order chi connectivity index (χ1) is 10.1. The minimum absolute atomic E-state index is 0.361. The number of para-hydroxylation sites is 1. The molecule has 114 valence electrons. The van der Waals surface area contributed by atoms with Gasteiger partial charge in [-0.2, -0.15) is 4.98 Å². The Labute approximate surface area is 126 Å². The topological polar surface area (TPSA) is 53.1 Å². The Balaban J connectivity index is 2.24. The summed E-state index contributed by atoms with van der Waals surface area (Å²) in [4.78, 5) is 11.3. The van der Waals surface area contributed by atoms with Gasteiger partial charge in [-0.15, -0.1) is 0 Å². The summed E-state index contributed by atoms with van der Waals surface area (Å²) in [6, 6.07) is 8.47. The Kier molecular flexibility index (Phi) is 5.33. The Hall–Kier alpha value is -1.88. The van der Waals surface area contributed by atoms with E-state index in [4.69, 9.17) is 0 Å². The highest BCUT2D eigenvalue weighted by molar-refractivity contribution is 5.90. The molecule has 5 heteroatoms. The predicted molar refractivity (Wildman–Crippen MR) is 90.0 cm³/mol. The van der Waals surface area contributed by atoms with Gasteiger partial charge >= 0.3 is 0 Å². The van der Waals surface area contributed by atoms with Crippen LogP contribution in [0.3, 0.4) is 0 Å². The summed E-state index contributed by atoms with van der Waals surface area (Å²) in [5.41, 5.74) is 0.964. The van der Waals surface area contributed by atoms with Crippen molar-refractivity contribution < 1.29 is 0 Å². The zero-order valence-corrected chi connectivity index (χ0v) is 13.3. The molecule has 21 heavy (non-hydrogen) atoms. The van der Waals surface area contributed by atoms with Gasteiger partial charge in [0.05, 0.1) is 5.52 Å². The summed E-state index contributed by atoms with van der Waals surface area (Å²) in [5.74, 6) is 1.58. The molecular weight excluding hydrogens is 262 g/mol. The van der Waals surface area contributed by atoms with Crippen LogP contribution in [-0.4, -0.2) is 48.1 Å². The van der Waals surface area contributed by atoms with Crippen LogP contribution in [0.15, 0.2) is 24.3 Å². The summed E-state index contributed by atoms with van der Waals surface area (Å²) in [6.07, 6.45) is 1.07. The third kappa shape index (κ3) is 4.29. The Morgan fingerprint density at radius 1 is 1.19 bits per heavy atom. The van der Waals surface area contributed by atoms with E-state index in [0.29, 0.717) is 12.0 Å². The van der Waals surface area contributed by atoms with Crippen molar-refractivity contribution in [3.05, 3.63) is 24.3 Å². The Bertz CT molecular complexity index is 582. The Morgan fingerprint density at radius 3 is 2.67 bits per heavy atom. The maximum atomic E-state index is 4.61. The van der Waals surface area contributed by atoms with E-state index in [-0.39, 0.29) is 0 Å². The van der Waals surface area contributed by atoms with Crippen LogP contribution in [0.1, 0.15) is 20.3 Å². The van der Waals surface area contributed by atoms with Gasteiger partial charge in [0, 0.05) is 18.0 Å². The van der Waals surface area contributed by atoms with Gasteiger partial charge in [-0.1, -0.05) is 12.1 Å². The van der Waals surface area contributed by atoms with Crippen molar-refractivity contribution in [1.82, 2.24) is 14.9 Å². The van der Waals surface area contributed by atoms with Gasteiger partial charge in [-0.25, -0.2) is 4.98 Å². The molecule has 2 rings (SSSR count). The van der Waals surface area contributed by atoms with E-state index >= 15 is 0 Å². The zero-order valence-electron chi connectivity index (χ0n) is 13.3. The van der Waals surface area contributed by atoms with E-state index in [1.165, 1.54) is 0 Å². The van der Waals surface area contributed by atoms with Crippen LogP contribution < -0.4 is 10.6 Å². The molecule has 0 spiro atoms. The molecule has 0 radical (unpaired) electrons. The molecule has 0 aliphatic carbocycles. The molecule has 0 amide bonds. The molecule has 0 aliphatic rings. The van der Waals surface area contributed by atoms with Gasteiger partial charge in [-0.05, 0) is 53.0 Å². The largest absolute Gasteiger partial charge is 0.367 e. The molecule has 1 atom stereocenters. The normalized spacial score (nSPS) is 12.6. The van der Waals surface area contributed by atoms with Crippen LogP contribution in [0.4, 0.5) is 11.8 Å². The van der Waals surface area contributed by atoms with Crippen LogP contribution in [-0.2, 0) is 0 Å². The number of fused-ring (bicyclic) bond motifs is 1. The Morgan fingerprint density at radius 2 is 1.95 bits per heavy atom. The fourth-order valence-corrected chi connectivity index (χ4v) is 2.18. The molecule has 5 nitrogen and oxygen atoms in total. The molecule has 1 heterocycles. The summed E-state index contributed by atoms with van der Waals surface area (Å²) in [6.45, 7) is 6.10. The molecule has 0 aliphatic heterocycles. The summed E-state index contributed by atoms with van der Waals surface area (Å²) in [5, 5.41) is 7.78. The number of nitrogens with zero attached hydrogens (tertiary/aromatic N) is 3. The molecule has 2 aromatic rings. The number of aromatic nitrogens is 2. The quantitative estimate of drug-likeness (QED) is 0.820. The first-order valence-corrected chi connectivity index (χ1v) is 7.52. The average molecular weight is 287 g/mol. The fraction of sp³-hybridized carbons (Fsp3) is 0.500. The minimum Gasteiger partial charge on any atom is -0.367 e. The van der Waals surface area contributed by atoms with Crippen molar-refractivity contribution in [3.8, 4) is 0 Å². The lowest BCUT2D eigenvalue weighted by Gasteiger charge is -2.18. The van der Waals surface area contributed by atoms with E-state index in [9.17, 15) is 0 Å². The predicted octanol–water partition coefficient (Wildman–Crippen LogP) is 2.81. The summed E-state index contributed by atoms with van der Waals surface area (Å²) >= 11 is 0. The van der Waals surface area contributed by atoms with E-state index in [2.05, 4.69) is 52.6 Å². The molecule has 1 aromatic heterocycles. The van der Waals surface area contributed by atoms with Crippen LogP contribution in [0, 0.1) is 0 Å². The van der Waals surface area contributed by atoms with Gasteiger partial charge < -0.3 is 15.5 Å². The van der Waals surface area contributed by atoms with Crippen LogP contribution in [0.25, 0.3) is 10.9 Å². The van der Waals surface area contributed by atoms with Gasteiger partial charge in [0.2, 0.25) is 5.95 Å². The second-order valence-corrected chi connectivity index (χ2v) is 5.58. The third-order valence-corrected chi connectivity index (χ3v) is 3.33. The van der Waals surface area contributed by atoms with E-state index in [0.717, 1.165) is 36.2 Å². The number of rotatable bonds is 7. The lowest BCUT2D eigenvalue weighted by molar-refractivity contribution is 0.390. The highest BCUT2D eigenvalue weighted by Gasteiger charge is 2.10. The number of hydrogen-bond acceptors (Lipinski definition) is 5. The van der Waals surface area contributed by atoms with E-state index in [1.54, 1.807) is 0 Å². The summed E-state index contributed by atoms with van der Waals surface area (Å²) < 4.78 is 0. The van der Waals surface area contributed by atoms with Crippen molar-refractivity contribution >= 4 is 22.7 Å². The number of anilines is 2. The van der Waals surface area contributed by atoms with Gasteiger partial charge in [0.1, 0.15) is 5.82 Å². The fourth-order valence-electron chi connectivity index (χ4n) is 2.18. The average Bonchev–Trinajstić information content (AvgIpc) is 2.45. The summed E-state index contributed by atoms with van der Waals surface area (Å²) in [7, 11) is 4.19. The molecule has 1 aromatic carbocycles. The lowest BCUT2D eigenvalue weighted by Crippen LogP contribution is -2.23. The molecule has 2 N–H and O–H groups in total. The highest BCUT2D eigenvalue weighted by atomic mass is 15.1. The van der Waals surface area contributed by atoms with E-state index < -0.39 is 0 Å². The maximum Gasteiger partial charge on any atom is 0.225 e. The first kappa shape index (κ1) is 15.5. The first-order valence-electron chi connectivity index (χ1n) is 7.52. The third-order valence-electron chi connectivity index (χ3n) is 3.33. The smallest absolute Gasteiger partial charge is 0.225 e. The molecule has 0 saturated heterocycles. The monoisotopic (exact) mass is 287 g/mol. The van der Waals surface area contributed by atoms with Gasteiger partial charge in [0.15, 0.2) is 0 Å². The number of benzene rings is 1. The van der Waals surface area contributed by atoms with Crippen molar-refractivity contribution in [1.29, 1.82) is 0 Å². The van der Waals surface area contributed by atoms with Gasteiger partial charge in [-0.3, -0.25) is 0 Å². The van der Waals surface area contributed by atoms with Crippen molar-refractivity contribution in [2.24, 2.45) is 0 Å². The van der Waals surface area contributed by atoms with Crippen molar-refractivity contribution in [3.63, 3.8) is 0 Å². The van der Waals surface area contributed by atoms with Crippen molar-refractivity contribution in [2.75, 3.05) is 37.8 Å². The van der Waals surface area contributed by atoms with Gasteiger partial charge in [0.25, 0.3) is 0 Å². The van der Waals surface area contributed by atoms with E-state index in [1.807, 2.05) is 25.1 Å². The highest BCUT2D eigenvalue weighted by Crippen LogP contribution is 2.22. The SMILES string of the molecule is CCNc1nc(NC(C)CCN(C)C)c2ccccc2n1. The number of hydrogen-bond donors (Lipinski definition) is 2. The van der Waals surface area contributed by atoms with Crippen molar-refractivity contribution in [2.45, 2.75) is 26.3 Å². The molecule has 0 fully saturated rings. The molecule has 0 bridgehead atoms. The minimum atomic E-state index is 0.361. The van der Waals surface area contributed by atoms with Crippen LogP contribution in [0.5, 0.6) is 0 Å². The second-order valence-electron chi connectivity index (χ2n) is 5.58. The molecule has 0 saturated carbocycles. The zero-order chi connectivity index (χ0) is 15.2. The molecule has 1 unspecified atom stereocenters. The maximum absolute atomic E-state index is 4.61. The standard InChI is InChI=1S/C16H25N5/c1-5-17-16-19-14-9-7-6-8-13(14)15(20-16)18-12(2)10-11-21(3)4/h6-9,12H,5,10-11H2,1-4H3,(H2,17,18,19,20). The second kappa shape index (κ2) is 7.22. The van der Waals surface area contributed by atoms with Crippen LogP contribution in [0.2, 0.25) is 0 Å². The lowest BCUT2D eigenvalue weighted by atomic mass is 10.2.